The van der Waals surface area contributed by atoms with Crippen LogP contribution in [0, 0.1) is 6.92 Å². The first-order valence-electron chi connectivity index (χ1n) is 6.51. The molecular weight excluding hydrogens is 300 g/mol. The molecular formula is C14H17ClO2S2. The Bertz CT molecular complexity index is 511. The molecule has 0 unspecified atom stereocenters. The summed E-state index contributed by atoms with van der Waals surface area (Å²) in [4.78, 5) is 0. The van der Waals surface area contributed by atoms with Crippen molar-refractivity contribution in [1.82, 2.24) is 0 Å². The second kappa shape index (κ2) is 5.15. The van der Waals surface area contributed by atoms with Crippen LogP contribution in [0.15, 0.2) is 6.07 Å². The van der Waals surface area contributed by atoms with E-state index in [1.165, 1.54) is 12.0 Å². The lowest BCUT2D eigenvalue weighted by molar-refractivity contribution is -0.0425. The van der Waals surface area contributed by atoms with Gasteiger partial charge in [0.25, 0.3) is 0 Å². The summed E-state index contributed by atoms with van der Waals surface area (Å²) in [5.74, 6) is 2.29. The van der Waals surface area contributed by atoms with Gasteiger partial charge in [0.2, 0.25) is 0 Å². The Morgan fingerprint density at radius 2 is 2.00 bits per heavy atom. The number of aliphatic hydroxyl groups is 2. The molecule has 2 nitrogen and oxygen atoms in total. The minimum atomic E-state index is -1.49. The lowest BCUT2D eigenvalue weighted by atomic mass is 9.86. The predicted molar refractivity (Wildman–Crippen MR) is 82.9 cm³/mol. The van der Waals surface area contributed by atoms with Gasteiger partial charge in [-0.2, -0.15) is 0 Å². The van der Waals surface area contributed by atoms with Crippen LogP contribution in [-0.2, 0) is 10.5 Å². The summed E-state index contributed by atoms with van der Waals surface area (Å²) in [6.07, 6.45) is 1.86. The maximum absolute atomic E-state index is 9.52. The first-order valence-corrected chi connectivity index (χ1v) is 8.86. The van der Waals surface area contributed by atoms with Crippen molar-refractivity contribution < 1.29 is 10.2 Å². The van der Waals surface area contributed by atoms with Gasteiger partial charge in [0, 0.05) is 22.6 Å². The van der Waals surface area contributed by atoms with E-state index < -0.39 is 6.29 Å². The van der Waals surface area contributed by atoms with E-state index in [0.29, 0.717) is 10.6 Å². The molecule has 2 aliphatic rings. The topological polar surface area (TPSA) is 40.5 Å². The van der Waals surface area contributed by atoms with Crippen molar-refractivity contribution in [2.45, 2.75) is 36.6 Å². The number of rotatable bonds is 1. The molecule has 0 aromatic heterocycles. The van der Waals surface area contributed by atoms with E-state index in [4.69, 9.17) is 11.6 Å². The highest BCUT2D eigenvalue weighted by atomic mass is 35.5. The van der Waals surface area contributed by atoms with Crippen molar-refractivity contribution >= 4 is 35.1 Å². The van der Waals surface area contributed by atoms with E-state index in [2.05, 4.69) is 0 Å². The van der Waals surface area contributed by atoms with E-state index in [1.807, 2.05) is 36.5 Å². The number of hydrogen-bond donors (Lipinski definition) is 2. The minimum Gasteiger partial charge on any atom is -0.364 e. The predicted octanol–water partition coefficient (Wildman–Crippen LogP) is 3.60. The Morgan fingerprint density at radius 1 is 1.32 bits per heavy atom. The van der Waals surface area contributed by atoms with E-state index in [1.54, 1.807) is 0 Å². The first-order chi connectivity index (χ1) is 9.05. The van der Waals surface area contributed by atoms with Crippen LogP contribution in [0.4, 0.5) is 0 Å². The number of fused-ring (bicyclic) bond motifs is 2. The Balaban J connectivity index is 2.24. The lowest BCUT2D eigenvalue weighted by Crippen LogP contribution is -2.24. The summed E-state index contributed by atoms with van der Waals surface area (Å²) in [6.45, 7) is 2.05. The Hall–Kier alpha value is 0.130. The van der Waals surface area contributed by atoms with Crippen LogP contribution >= 0.6 is 35.1 Å². The number of halogens is 1. The smallest absolute Gasteiger partial charge is 0.179 e. The molecule has 3 rings (SSSR count). The molecule has 104 valence electrons. The van der Waals surface area contributed by atoms with Crippen LogP contribution < -0.4 is 0 Å². The van der Waals surface area contributed by atoms with Crippen molar-refractivity contribution in [3.05, 3.63) is 33.3 Å². The number of aryl methyl sites for hydroxylation is 1. The number of benzene rings is 1. The van der Waals surface area contributed by atoms with Gasteiger partial charge < -0.3 is 10.2 Å². The molecule has 0 bridgehead atoms. The van der Waals surface area contributed by atoms with Crippen LogP contribution in [0.25, 0.3) is 0 Å². The fourth-order valence-electron chi connectivity index (χ4n) is 3.13. The molecule has 1 saturated heterocycles. The van der Waals surface area contributed by atoms with Crippen molar-refractivity contribution in [3.63, 3.8) is 0 Å². The van der Waals surface area contributed by atoms with Crippen molar-refractivity contribution in [3.8, 4) is 0 Å². The van der Waals surface area contributed by atoms with Gasteiger partial charge in [-0.15, -0.1) is 23.5 Å². The fourth-order valence-corrected chi connectivity index (χ4v) is 7.15. The van der Waals surface area contributed by atoms with Crippen LogP contribution in [0.2, 0.25) is 5.02 Å². The Morgan fingerprint density at radius 3 is 2.63 bits per heavy atom. The van der Waals surface area contributed by atoms with Gasteiger partial charge in [-0.25, -0.2) is 0 Å². The number of thioether (sulfide) groups is 2. The zero-order chi connectivity index (χ0) is 13.6. The zero-order valence-electron chi connectivity index (χ0n) is 10.8. The monoisotopic (exact) mass is 316 g/mol. The summed E-state index contributed by atoms with van der Waals surface area (Å²) in [6, 6.07) is 1.83. The molecule has 19 heavy (non-hydrogen) atoms. The number of hydrogen-bond acceptors (Lipinski definition) is 4. The van der Waals surface area contributed by atoms with Gasteiger partial charge in [-0.1, -0.05) is 11.6 Å². The highest BCUT2D eigenvalue weighted by Gasteiger charge is 2.43. The Kier molecular flexibility index (Phi) is 3.82. The Labute approximate surface area is 126 Å². The molecule has 0 saturated carbocycles. The molecule has 0 atom stereocenters. The van der Waals surface area contributed by atoms with Gasteiger partial charge in [0.1, 0.15) is 0 Å². The van der Waals surface area contributed by atoms with Crippen LogP contribution in [0.1, 0.15) is 41.4 Å². The fraction of sp³-hybridized carbons (Fsp3) is 0.571. The molecule has 0 radical (unpaired) electrons. The molecule has 1 spiro atoms. The molecule has 1 aromatic rings. The lowest BCUT2D eigenvalue weighted by Gasteiger charge is -2.36. The van der Waals surface area contributed by atoms with Gasteiger partial charge in [-0.3, -0.25) is 0 Å². The maximum atomic E-state index is 9.52. The van der Waals surface area contributed by atoms with Crippen molar-refractivity contribution in [1.29, 1.82) is 0 Å². The number of aliphatic hydroxyl groups excluding tert-OH is 1. The molecule has 1 heterocycles. The molecule has 1 aliphatic heterocycles. The molecule has 5 heteroatoms. The third kappa shape index (κ3) is 2.22. The standard InChI is InChI=1S/C14H17ClO2S2/c1-8-7-10(13(16)17)12(15)11-9(8)3-2-4-14(11)18-5-6-19-14/h7,13,16-17H,2-6H2,1H3. The van der Waals surface area contributed by atoms with Crippen molar-refractivity contribution in [2.75, 3.05) is 11.5 Å². The second-order valence-corrected chi connectivity index (χ2v) is 8.55. The summed E-state index contributed by atoms with van der Waals surface area (Å²) in [5, 5.41) is 19.6. The third-order valence-electron chi connectivity index (χ3n) is 3.97. The SMILES string of the molecule is Cc1cc(C(O)O)c(Cl)c2c1CCCC21SCCS1. The largest absolute Gasteiger partial charge is 0.364 e. The third-order valence-corrected chi connectivity index (χ3v) is 7.91. The van der Waals surface area contributed by atoms with E-state index in [9.17, 15) is 10.2 Å². The van der Waals surface area contributed by atoms with Crippen molar-refractivity contribution in [2.24, 2.45) is 0 Å². The van der Waals surface area contributed by atoms with Crippen LogP contribution in [-0.4, -0.2) is 21.7 Å². The minimum absolute atomic E-state index is 0.0420. The molecule has 1 aliphatic carbocycles. The summed E-state index contributed by atoms with van der Waals surface area (Å²) in [5.41, 5.74) is 4.07. The van der Waals surface area contributed by atoms with Gasteiger partial charge in [-0.05, 0) is 43.4 Å². The highest BCUT2D eigenvalue weighted by molar-refractivity contribution is 8.20. The van der Waals surface area contributed by atoms with Gasteiger partial charge in [0.15, 0.2) is 6.29 Å². The van der Waals surface area contributed by atoms with Gasteiger partial charge >= 0.3 is 0 Å². The molecule has 0 amide bonds. The summed E-state index contributed by atoms with van der Waals surface area (Å²) in [7, 11) is 0. The normalized spacial score (nSPS) is 21.1. The van der Waals surface area contributed by atoms with Gasteiger partial charge in [0.05, 0.1) is 9.10 Å². The second-order valence-electron chi connectivity index (χ2n) is 5.13. The van der Waals surface area contributed by atoms with Crippen LogP contribution in [0.5, 0.6) is 0 Å². The molecule has 2 N–H and O–H groups in total. The first kappa shape index (κ1) is 14.1. The average molecular weight is 317 g/mol. The molecule has 1 fully saturated rings. The quantitative estimate of drug-likeness (QED) is 0.777. The van der Waals surface area contributed by atoms with Crippen LogP contribution in [0.3, 0.4) is 0 Å². The maximum Gasteiger partial charge on any atom is 0.179 e. The summed E-state index contributed by atoms with van der Waals surface area (Å²) >= 11 is 10.5. The summed E-state index contributed by atoms with van der Waals surface area (Å²) < 4.78 is 0.0420. The van der Waals surface area contributed by atoms with E-state index >= 15 is 0 Å². The molecule has 1 aromatic carbocycles. The van der Waals surface area contributed by atoms with E-state index in [0.717, 1.165) is 35.5 Å². The zero-order valence-corrected chi connectivity index (χ0v) is 13.2. The van der Waals surface area contributed by atoms with E-state index in [-0.39, 0.29) is 4.08 Å². The average Bonchev–Trinajstić information content (AvgIpc) is 2.82. The highest BCUT2D eigenvalue weighted by Crippen LogP contribution is 2.60.